The lowest BCUT2D eigenvalue weighted by Gasteiger charge is -2.10. The number of carbonyl (C=O) groups is 1. The first kappa shape index (κ1) is 13.1. The molecule has 2 aromatic heterocycles. The molecule has 0 saturated carbocycles. The third-order valence-electron chi connectivity index (χ3n) is 2.23. The number of esters is 1. The van der Waals surface area contributed by atoms with Crippen LogP contribution >= 0.6 is 0 Å². The maximum absolute atomic E-state index is 12.8. The predicted molar refractivity (Wildman–Crippen MR) is 56.1 cm³/mol. The van der Waals surface area contributed by atoms with Gasteiger partial charge in [-0.05, 0) is 12.1 Å². The topological polar surface area (TPSA) is 65.2 Å². The third-order valence-corrected chi connectivity index (χ3v) is 2.23. The van der Waals surface area contributed by atoms with E-state index in [1.807, 2.05) is 0 Å². The molecule has 19 heavy (non-hydrogen) atoms. The molecule has 2 heterocycles. The predicted octanol–water partition coefficient (Wildman–Crippen LogP) is 2.54. The second-order valence-electron chi connectivity index (χ2n) is 3.42. The van der Waals surface area contributed by atoms with Crippen LogP contribution in [0.2, 0.25) is 0 Å². The molecular formula is C11H7F3N2O3. The van der Waals surface area contributed by atoms with Gasteiger partial charge in [-0.3, -0.25) is 0 Å². The highest BCUT2D eigenvalue weighted by molar-refractivity contribution is 5.87. The van der Waals surface area contributed by atoms with Crippen molar-refractivity contribution in [2.75, 3.05) is 7.11 Å². The number of methoxy groups -OCH3 is 1. The fourth-order valence-corrected chi connectivity index (χ4v) is 1.41. The van der Waals surface area contributed by atoms with Gasteiger partial charge in [0.15, 0.2) is 0 Å². The van der Waals surface area contributed by atoms with Crippen molar-refractivity contribution in [1.29, 1.82) is 0 Å². The summed E-state index contributed by atoms with van der Waals surface area (Å²) in [5, 5.41) is 0. The lowest BCUT2D eigenvalue weighted by Crippen LogP contribution is -2.12. The van der Waals surface area contributed by atoms with Gasteiger partial charge >= 0.3 is 12.1 Å². The smallest absolute Gasteiger partial charge is 0.418 e. The van der Waals surface area contributed by atoms with Gasteiger partial charge in [-0.25, -0.2) is 14.8 Å². The van der Waals surface area contributed by atoms with Crippen molar-refractivity contribution in [3.8, 4) is 11.6 Å². The summed E-state index contributed by atoms with van der Waals surface area (Å²) >= 11 is 0. The Morgan fingerprint density at radius 3 is 2.63 bits per heavy atom. The molecule has 5 nitrogen and oxygen atoms in total. The third kappa shape index (κ3) is 2.56. The Labute approximate surface area is 105 Å². The summed E-state index contributed by atoms with van der Waals surface area (Å²) in [6, 6.07) is 1.67. The number of ether oxygens (including phenoxy) is 1. The average Bonchev–Trinajstić information content (AvgIpc) is 2.89. The van der Waals surface area contributed by atoms with Crippen LogP contribution in [-0.4, -0.2) is 23.0 Å². The van der Waals surface area contributed by atoms with Crippen LogP contribution < -0.4 is 0 Å². The minimum Gasteiger partial charge on any atom is -0.464 e. The Bertz CT molecular complexity index is 594. The molecule has 0 fully saturated rings. The van der Waals surface area contributed by atoms with Crippen molar-refractivity contribution >= 4 is 5.97 Å². The van der Waals surface area contributed by atoms with Crippen LogP contribution in [0.4, 0.5) is 13.2 Å². The molecule has 0 bridgehead atoms. The van der Waals surface area contributed by atoms with Crippen LogP contribution in [0.15, 0.2) is 29.0 Å². The monoisotopic (exact) mass is 272 g/mol. The van der Waals surface area contributed by atoms with E-state index in [1.54, 1.807) is 0 Å². The zero-order valence-corrected chi connectivity index (χ0v) is 9.56. The van der Waals surface area contributed by atoms with Crippen LogP contribution in [0.1, 0.15) is 16.1 Å². The van der Waals surface area contributed by atoms with Crippen molar-refractivity contribution < 1.29 is 27.1 Å². The number of halogens is 3. The summed E-state index contributed by atoms with van der Waals surface area (Å²) in [7, 11) is 1.10. The van der Waals surface area contributed by atoms with Gasteiger partial charge in [-0.15, -0.1) is 0 Å². The van der Waals surface area contributed by atoms with Gasteiger partial charge in [0.1, 0.15) is 17.7 Å². The fourth-order valence-electron chi connectivity index (χ4n) is 1.41. The van der Waals surface area contributed by atoms with Gasteiger partial charge < -0.3 is 9.15 Å². The number of alkyl halides is 3. The van der Waals surface area contributed by atoms with Crippen molar-refractivity contribution in [3.63, 3.8) is 0 Å². The SMILES string of the molecule is COC(=O)c1ccc(C(F)(F)F)c(-c2ncco2)n1. The van der Waals surface area contributed by atoms with Gasteiger partial charge in [0.05, 0.1) is 18.9 Å². The maximum atomic E-state index is 12.8. The highest BCUT2D eigenvalue weighted by atomic mass is 19.4. The molecular weight excluding hydrogens is 265 g/mol. The summed E-state index contributed by atoms with van der Waals surface area (Å²) in [5.41, 5.74) is -1.85. The molecule has 0 spiro atoms. The number of rotatable bonds is 2. The van der Waals surface area contributed by atoms with E-state index in [0.29, 0.717) is 0 Å². The van der Waals surface area contributed by atoms with Gasteiger partial charge in [-0.2, -0.15) is 13.2 Å². The van der Waals surface area contributed by atoms with Crippen molar-refractivity contribution in [1.82, 2.24) is 9.97 Å². The zero-order valence-electron chi connectivity index (χ0n) is 9.56. The maximum Gasteiger partial charge on any atom is 0.418 e. The number of aromatic nitrogens is 2. The van der Waals surface area contributed by atoms with Crippen LogP contribution in [-0.2, 0) is 10.9 Å². The van der Waals surface area contributed by atoms with E-state index in [4.69, 9.17) is 4.42 Å². The standard InChI is InChI=1S/C11H7F3N2O3/c1-18-10(17)7-3-2-6(11(12,13)14)8(16-7)9-15-4-5-19-9/h2-5H,1H3. The minimum absolute atomic E-state index is 0.260. The van der Waals surface area contributed by atoms with Gasteiger partial charge in [0.25, 0.3) is 0 Å². The number of hydrogen-bond acceptors (Lipinski definition) is 5. The quantitative estimate of drug-likeness (QED) is 0.786. The highest BCUT2D eigenvalue weighted by Crippen LogP contribution is 2.35. The minimum atomic E-state index is -4.63. The molecule has 100 valence electrons. The van der Waals surface area contributed by atoms with Crippen molar-refractivity contribution in [3.05, 3.63) is 35.9 Å². The Balaban J connectivity index is 2.61. The second-order valence-corrected chi connectivity index (χ2v) is 3.42. The largest absolute Gasteiger partial charge is 0.464 e. The average molecular weight is 272 g/mol. The van der Waals surface area contributed by atoms with E-state index in [9.17, 15) is 18.0 Å². The summed E-state index contributed by atoms with van der Waals surface area (Å²) in [6.45, 7) is 0. The lowest BCUT2D eigenvalue weighted by molar-refractivity contribution is -0.137. The zero-order chi connectivity index (χ0) is 14.0. The van der Waals surface area contributed by atoms with E-state index in [2.05, 4.69) is 14.7 Å². The molecule has 0 aliphatic heterocycles. The Morgan fingerprint density at radius 2 is 2.11 bits per heavy atom. The summed E-state index contributed by atoms with van der Waals surface area (Å²) < 4.78 is 47.7. The number of pyridine rings is 1. The molecule has 0 aliphatic carbocycles. The Morgan fingerprint density at radius 1 is 1.37 bits per heavy atom. The molecule has 2 rings (SSSR count). The first-order chi connectivity index (χ1) is 8.93. The number of nitrogens with zero attached hydrogens (tertiary/aromatic N) is 2. The van der Waals surface area contributed by atoms with Crippen LogP contribution in [0, 0.1) is 0 Å². The molecule has 0 N–H and O–H groups in total. The molecule has 0 unspecified atom stereocenters. The number of oxazole rings is 1. The summed E-state index contributed by atoms with van der Waals surface area (Å²) in [5.74, 6) is -1.17. The van der Waals surface area contributed by atoms with Crippen LogP contribution in [0.5, 0.6) is 0 Å². The van der Waals surface area contributed by atoms with Crippen LogP contribution in [0.3, 0.4) is 0 Å². The lowest BCUT2D eigenvalue weighted by atomic mass is 10.1. The highest BCUT2D eigenvalue weighted by Gasteiger charge is 2.36. The second kappa shape index (κ2) is 4.71. The van der Waals surface area contributed by atoms with E-state index in [-0.39, 0.29) is 11.6 Å². The molecule has 0 aliphatic rings. The molecule has 8 heteroatoms. The van der Waals surface area contributed by atoms with E-state index >= 15 is 0 Å². The van der Waals surface area contributed by atoms with Gasteiger partial charge in [-0.1, -0.05) is 0 Å². The Hall–Kier alpha value is -2.38. The summed E-state index contributed by atoms with van der Waals surface area (Å²) in [6.07, 6.45) is -2.34. The van der Waals surface area contributed by atoms with Crippen molar-refractivity contribution in [2.24, 2.45) is 0 Å². The normalized spacial score (nSPS) is 11.4. The first-order valence-electron chi connectivity index (χ1n) is 5.00. The van der Waals surface area contributed by atoms with Crippen LogP contribution in [0.25, 0.3) is 11.6 Å². The fraction of sp³-hybridized carbons (Fsp3) is 0.182. The number of hydrogen-bond donors (Lipinski definition) is 0. The van der Waals surface area contributed by atoms with Gasteiger partial charge in [0.2, 0.25) is 5.89 Å². The van der Waals surface area contributed by atoms with E-state index < -0.39 is 23.4 Å². The molecule has 0 amide bonds. The molecule has 0 saturated heterocycles. The van der Waals surface area contributed by atoms with Crippen molar-refractivity contribution in [2.45, 2.75) is 6.18 Å². The Kier molecular flexibility index (Phi) is 3.24. The molecule has 0 aromatic carbocycles. The first-order valence-corrected chi connectivity index (χ1v) is 5.00. The van der Waals surface area contributed by atoms with Gasteiger partial charge in [0, 0.05) is 0 Å². The molecule has 0 radical (unpaired) electrons. The summed E-state index contributed by atoms with van der Waals surface area (Å²) in [4.78, 5) is 18.5. The number of carbonyl (C=O) groups excluding carboxylic acids is 1. The molecule has 0 atom stereocenters. The van der Waals surface area contributed by atoms with E-state index in [0.717, 1.165) is 25.5 Å². The molecule has 2 aromatic rings. The van der Waals surface area contributed by atoms with E-state index in [1.165, 1.54) is 6.20 Å².